The van der Waals surface area contributed by atoms with Gasteiger partial charge in [-0.2, -0.15) is 0 Å². The van der Waals surface area contributed by atoms with Gasteiger partial charge in [-0.1, -0.05) is 6.07 Å². The highest BCUT2D eigenvalue weighted by Gasteiger charge is 2.35. The molecule has 1 atom stereocenters. The van der Waals surface area contributed by atoms with Crippen molar-refractivity contribution in [3.63, 3.8) is 0 Å². The molecule has 18 heavy (non-hydrogen) atoms. The highest BCUT2D eigenvalue weighted by atomic mass is 16.5. The molecule has 0 saturated carbocycles. The van der Waals surface area contributed by atoms with Crippen LogP contribution in [-0.4, -0.2) is 30.6 Å². The quantitative estimate of drug-likeness (QED) is 0.880. The van der Waals surface area contributed by atoms with Crippen molar-refractivity contribution in [3.05, 3.63) is 23.8 Å². The molecule has 2 rings (SSSR count). The smallest absolute Gasteiger partial charge is 0.308 e. The van der Waals surface area contributed by atoms with Crippen LogP contribution in [0.3, 0.4) is 0 Å². The Labute approximate surface area is 105 Å². The van der Waals surface area contributed by atoms with Crippen LogP contribution in [0.2, 0.25) is 0 Å². The Morgan fingerprint density at radius 3 is 2.78 bits per heavy atom. The maximum absolute atomic E-state index is 11.9. The second-order valence-corrected chi connectivity index (χ2v) is 4.40. The molecule has 1 fully saturated rings. The summed E-state index contributed by atoms with van der Waals surface area (Å²) in [6.07, 6.45) is 0.0615. The first-order chi connectivity index (χ1) is 8.52. The van der Waals surface area contributed by atoms with Crippen LogP contribution in [0.5, 0.6) is 5.75 Å². The van der Waals surface area contributed by atoms with Gasteiger partial charge in [-0.05, 0) is 18.6 Å². The zero-order valence-electron chi connectivity index (χ0n) is 10.3. The molecule has 96 valence electrons. The number of aliphatic carboxylic acids is 1. The van der Waals surface area contributed by atoms with Gasteiger partial charge in [-0.15, -0.1) is 0 Å². The second kappa shape index (κ2) is 4.68. The first-order valence-corrected chi connectivity index (χ1v) is 5.70. The van der Waals surface area contributed by atoms with Gasteiger partial charge >= 0.3 is 5.97 Å². The van der Waals surface area contributed by atoms with Crippen molar-refractivity contribution in [2.24, 2.45) is 5.92 Å². The van der Waals surface area contributed by atoms with Gasteiger partial charge in [0.1, 0.15) is 5.75 Å². The topological polar surface area (TPSA) is 66.8 Å². The molecule has 0 spiro atoms. The minimum absolute atomic E-state index is 0.0615. The molecule has 1 aromatic carbocycles. The highest BCUT2D eigenvalue weighted by molar-refractivity contribution is 5.99. The number of aryl methyl sites for hydroxylation is 1. The van der Waals surface area contributed by atoms with Crippen molar-refractivity contribution in [1.82, 2.24) is 0 Å². The van der Waals surface area contributed by atoms with Gasteiger partial charge in [0.15, 0.2) is 0 Å². The standard InChI is InChI=1S/C13H15NO4/c1-8-3-4-10(18-2)6-11(8)14-7-9(13(16)17)5-12(14)15/h3-4,6,9H,5,7H2,1-2H3,(H,16,17). The van der Waals surface area contributed by atoms with Crippen LogP contribution < -0.4 is 9.64 Å². The van der Waals surface area contributed by atoms with Gasteiger partial charge in [-0.25, -0.2) is 0 Å². The molecule has 1 N–H and O–H groups in total. The van der Waals surface area contributed by atoms with E-state index in [1.807, 2.05) is 19.1 Å². The molecule has 1 aliphatic rings. The summed E-state index contributed by atoms with van der Waals surface area (Å²) in [6.45, 7) is 2.11. The van der Waals surface area contributed by atoms with Crippen LogP contribution in [0.15, 0.2) is 18.2 Å². The van der Waals surface area contributed by atoms with E-state index < -0.39 is 11.9 Å². The number of ether oxygens (including phenoxy) is 1. The average Bonchev–Trinajstić information content (AvgIpc) is 2.72. The Morgan fingerprint density at radius 1 is 1.50 bits per heavy atom. The predicted octanol–water partition coefficient (Wildman–Crippen LogP) is 1.44. The van der Waals surface area contributed by atoms with E-state index in [0.29, 0.717) is 5.75 Å². The molecule has 1 saturated heterocycles. The van der Waals surface area contributed by atoms with E-state index in [4.69, 9.17) is 9.84 Å². The molecule has 1 amide bonds. The lowest BCUT2D eigenvalue weighted by Crippen LogP contribution is -2.26. The van der Waals surface area contributed by atoms with Crippen molar-refractivity contribution in [1.29, 1.82) is 0 Å². The molecule has 5 heteroatoms. The van der Waals surface area contributed by atoms with Gasteiger partial charge in [0, 0.05) is 19.0 Å². The number of carbonyl (C=O) groups excluding carboxylic acids is 1. The fraction of sp³-hybridized carbons (Fsp3) is 0.385. The molecule has 0 radical (unpaired) electrons. The Hall–Kier alpha value is -2.04. The predicted molar refractivity (Wildman–Crippen MR) is 65.8 cm³/mol. The summed E-state index contributed by atoms with van der Waals surface area (Å²) in [6, 6.07) is 5.43. The maximum Gasteiger partial charge on any atom is 0.308 e. The van der Waals surface area contributed by atoms with Crippen LogP contribution in [0.4, 0.5) is 5.69 Å². The molecular weight excluding hydrogens is 234 g/mol. The van der Waals surface area contributed by atoms with Gasteiger partial charge in [0.25, 0.3) is 0 Å². The lowest BCUT2D eigenvalue weighted by atomic mass is 10.1. The molecule has 0 aromatic heterocycles. The highest BCUT2D eigenvalue weighted by Crippen LogP contribution is 2.30. The van der Waals surface area contributed by atoms with E-state index >= 15 is 0 Å². The van der Waals surface area contributed by atoms with Crippen LogP contribution in [0.1, 0.15) is 12.0 Å². The maximum atomic E-state index is 11.9. The number of benzene rings is 1. The number of carboxylic acids is 1. The summed E-state index contributed by atoms with van der Waals surface area (Å²) in [5.41, 5.74) is 1.65. The number of rotatable bonds is 3. The van der Waals surface area contributed by atoms with E-state index in [-0.39, 0.29) is 18.9 Å². The molecule has 1 unspecified atom stereocenters. The summed E-state index contributed by atoms with van der Waals surface area (Å²) >= 11 is 0. The van der Waals surface area contributed by atoms with E-state index in [2.05, 4.69) is 0 Å². The average molecular weight is 249 g/mol. The number of methoxy groups -OCH3 is 1. The number of anilines is 1. The molecule has 0 aliphatic carbocycles. The van der Waals surface area contributed by atoms with E-state index in [9.17, 15) is 9.59 Å². The van der Waals surface area contributed by atoms with Crippen molar-refractivity contribution >= 4 is 17.6 Å². The lowest BCUT2D eigenvalue weighted by molar-refractivity contribution is -0.141. The summed E-state index contributed by atoms with van der Waals surface area (Å²) < 4.78 is 5.12. The summed E-state index contributed by atoms with van der Waals surface area (Å²) in [5, 5.41) is 8.96. The fourth-order valence-corrected chi connectivity index (χ4v) is 2.11. The van der Waals surface area contributed by atoms with Crippen molar-refractivity contribution in [3.8, 4) is 5.75 Å². The second-order valence-electron chi connectivity index (χ2n) is 4.40. The number of hydrogen-bond acceptors (Lipinski definition) is 3. The normalized spacial score (nSPS) is 19.1. The van der Waals surface area contributed by atoms with Crippen LogP contribution in [0, 0.1) is 12.8 Å². The molecule has 1 aromatic rings. The molecule has 5 nitrogen and oxygen atoms in total. The molecule has 1 aliphatic heterocycles. The number of nitrogens with zero attached hydrogens (tertiary/aromatic N) is 1. The molecule has 1 heterocycles. The van der Waals surface area contributed by atoms with Crippen molar-refractivity contribution in [2.75, 3.05) is 18.6 Å². The largest absolute Gasteiger partial charge is 0.497 e. The van der Waals surface area contributed by atoms with Crippen LogP contribution in [0.25, 0.3) is 0 Å². The summed E-state index contributed by atoms with van der Waals surface area (Å²) in [7, 11) is 1.56. The van der Waals surface area contributed by atoms with Crippen LogP contribution >= 0.6 is 0 Å². The first-order valence-electron chi connectivity index (χ1n) is 5.70. The summed E-state index contributed by atoms with van der Waals surface area (Å²) in [5.74, 6) is -1.05. The SMILES string of the molecule is COc1ccc(C)c(N2CC(C(=O)O)CC2=O)c1. The monoisotopic (exact) mass is 249 g/mol. The van der Waals surface area contributed by atoms with Crippen molar-refractivity contribution < 1.29 is 19.4 Å². The van der Waals surface area contributed by atoms with Gasteiger partial charge < -0.3 is 14.7 Å². The van der Waals surface area contributed by atoms with Crippen molar-refractivity contribution in [2.45, 2.75) is 13.3 Å². The Morgan fingerprint density at radius 2 is 2.22 bits per heavy atom. The summed E-state index contributed by atoms with van der Waals surface area (Å²) in [4.78, 5) is 24.3. The van der Waals surface area contributed by atoms with Gasteiger partial charge in [-0.3, -0.25) is 9.59 Å². The Bertz CT molecular complexity index is 498. The zero-order chi connectivity index (χ0) is 13.3. The third-order valence-corrected chi connectivity index (χ3v) is 3.18. The number of carboxylic acid groups (broad SMARTS) is 1. The number of hydrogen-bond donors (Lipinski definition) is 1. The van der Waals surface area contributed by atoms with E-state index in [0.717, 1.165) is 11.3 Å². The third kappa shape index (κ3) is 2.16. The fourth-order valence-electron chi connectivity index (χ4n) is 2.11. The number of amides is 1. The third-order valence-electron chi connectivity index (χ3n) is 3.18. The minimum Gasteiger partial charge on any atom is -0.497 e. The van der Waals surface area contributed by atoms with Gasteiger partial charge in [0.05, 0.1) is 18.7 Å². The first kappa shape index (κ1) is 12.4. The Balaban J connectivity index is 2.32. The van der Waals surface area contributed by atoms with E-state index in [1.54, 1.807) is 13.2 Å². The van der Waals surface area contributed by atoms with E-state index in [1.165, 1.54) is 4.90 Å². The zero-order valence-corrected chi connectivity index (χ0v) is 10.3. The number of carbonyl (C=O) groups is 2. The van der Waals surface area contributed by atoms with Crippen LogP contribution in [-0.2, 0) is 9.59 Å². The minimum atomic E-state index is -0.925. The molecular formula is C13H15NO4. The Kier molecular flexibility index (Phi) is 3.23. The van der Waals surface area contributed by atoms with Gasteiger partial charge in [0.2, 0.25) is 5.91 Å². The lowest BCUT2D eigenvalue weighted by Gasteiger charge is -2.19. The molecule has 0 bridgehead atoms.